The molecule has 3 aromatic rings. The number of aromatic amines is 1. The van der Waals surface area contributed by atoms with Crippen LogP contribution in [0.1, 0.15) is 12.5 Å². The minimum absolute atomic E-state index is 0.222. The molecule has 0 aliphatic rings. The van der Waals surface area contributed by atoms with E-state index >= 15 is 0 Å². The molecule has 3 N–H and O–H groups in total. The van der Waals surface area contributed by atoms with Crippen molar-refractivity contribution < 1.29 is 0 Å². The number of hydrogen-bond donors (Lipinski definition) is 2. The molecule has 22 heavy (non-hydrogen) atoms. The first-order valence-corrected chi connectivity index (χ1v) is 7.15. The van der Waals surface area contributed by atoms with Gasteiger partial charge in [-0.05, 0) is 30.7 Å². The fourth-order valence-corrected chi connectivity index (χ4v) is 2.75. The number of nitrogens with zero attached hydrogens (tertiary/aromatic N) is 1. The summed E-state index contributed by atoms with van der Waals surface area (Å²) in [6.07, 6.45) is 0. The van der Waals surface area contributed by atoms with Crippen molar-refractivity contribution in [2.75, 3.05) is 0 Å². The summed E-state index contributed by atoms with van der Waals surface area (Å²) >= 11 is 6.14. The molecule has 4 nitrogen and oxygen atoms in total. The topological polar surface area (TPSA) is 71.2 Å². The van der Waals surface area contributed by atoms with Gasteiger partial charge in [0.05, 0.1) is 11.3 Å². The molecule has 0 bridgehead atoms. The van der Waals surface area contributed by atoms with E-state index in [1.165, 1.54) is 0 Å². The zero-order valence-electron chi connectivity index (χ0n) is 11.9. The number of fused-ring (bicyclic) bond motifs is 1. The van der Waals surface area contributed by atoms with Gasteiger partial charge in [-0.3, -0.25) is 4.79 Å². The predicted octanol–water partition coefficient (Wildman–Crippen LogP) is 3.53. The first-order valence-electron chi connectivity index (χ1n) is 6.77. The highest BCUT2D eigenvalue weighted by molar-refractivity contribution is 6.31. The van der Waals surface area contributed by atoms with Crippen LogP contribution in [0.5, 0.6) is 0 Å². The highest BCUT2D eigenvalue weighted by Crippen LogP contribution is 2.31. The van der Waals surface area contributed by atoms with Crippen LogP contribution in [0.15, 0.2) is 58.4 Å². The minimum atomic E-state index is -0.222. The van der Waals surface area contributed by atoms with Gasteiger partial charge in [-0.1, -0.05) is 41.9 Å². The van der Waals surface area contributed by atoms with Crippen LogP contribution in [0.25, 0.3) is 22.0 Å². The maximum absolute atomic E-state index is 12.5. The summed E-state index contributed by atoms with van der Waals surface area (Å²) in [5.41, 5.74) is 3.14. The van der Waals surface area contributed by atoms with Crippen LogP contribution in [0.2, 0.25) is 5.02 Å². The van der Waals surface area contributed by atoms with Gasteiger partial charge in [0.25, 0.3) is 5.56 Å². The Morgan fingerprint density at radius 2 is 1.91 bits per heavy atom. The van der Waals surface area contributed by atoms with E-state index in [4.69, 9.17) is 17.4 Å². The van der Waals surface area contributed by atoms with Crippen LogP contribution in [-0.4, -0.2) is 10.7 Å². The molecule has 0 amide bonds. The van der Waals surface area contributed by atoms with Crippen molar-refractivity contribution in [2.45, 2.75) is 6.92 Å². The molecule has 0 aliphatic heterocycles. The molecule has 0 aliphatic carbocycles. The SMILES string of the molecule is C/C(=N/N)c1c(-c2ccccc2)c2cc(Cl)ccc2[nH]c1=O. The zero-order chi connectivity index (χ0) is 15.7. The van der Waals surface area contributed by atoms with E-state index in [1.807, 2.05) is 36.4 Å². The Balaban J connectivity index is 2.53. The molecule has 110 valence electrons. The third kappa shape index (κ3) is 2.38. The summed E-state index contributed by atoms with van der Waals surface area (Å²) in [5, 5.41) is 5.16. The van der Waals surface area contributed by atoms with Gasteiger partial charge < -0.3 is 10.8 Å². The zero-order valence-corrected chi connectivity index (χ0v) is 12.7. The molecular weight excluding hydrogens is 298 g/mol. The van der Waals surface area contributed by atoms with Crippen LogP contribution < -0.4 is 11.4 Å². The molecule has 0 fully saturated rings. The fraction of sp³-hybridized carbons (Fsp3) is 0.0588. The first kappa shape index (κ1) is 14.4. The van der Waals surface area contributed by atoms with E-state index in [0.717, 1.165) is 22.0 Å². The Morgan fingerprint density at radius 3 is 2.59 bits per heavy atom. The summed E-state index contributed by atoms with van der Waals surface area (Å²) < 4.78 is 0. The lowest BCUT2D eigenvalue weighted by atomic mass is 9.94. The maximum Gasteiger partial charge on any atom is 0.258 e. The van der Waals surface area contributed by atoms with Crippen molar-refractivity contribution >= 4 is 28.2 Å². The predicted molar refractivity (Wildman–Crippen MR) is 91.4 cm³/mol. The Hall–Kier alpha value is -2.59. The highest BCUT2D eigenvalue weighted by Gasteiger charge is 2.17. The second-order valence-corrected chi connectivity index (χ2v) is 5.41. The van der Waals surface area contributed by atoms with Gasteiger partial charge in [0, 0.05) is 21.5 Å². The Kier molecular flexibility index (Phi) is 3.69. The number of rotatable bonds is 2. The number of benzene rings is 2. The fourth-order valence-electron chi connectivity index (χ4n) is 2.58. The summed E-state index contributed by atoms with van der Waals surface area (Å²) in [4.78, 5) is 15.3. The number of hydrogen-bond acceptors (Lipinski definition) is 3. The Bertz CT molecular complexity index is 930. The van der Waals surface area contributed by atoms with Crippen LogP contribution in [0, 0.1) is 0 Å². The molecular formula is C17H14ClN3O. The van der Waals surface area contributed by atoms with E-state index in [9.17, 15) is 4.79 Å². The maximum atomic E-state index is 12.5. The van der Waals surface area contributed by atoms with Gasteiger partial charge in [0.2, 0.25) is 0 Å². The molecule has 0 atom stereocenters. The molecule has 1 heterocycles. The second kappa shape index (κ2) is 5.66. The number of nitrogens with one attached hydrogen (secondary N) is 1. The van der Waals surface area contributed by atoms with Gasteiger partial charge in [0.15, 0.2) is 0 Å². The molecule has 0 spiro atoms. The highest BCUT2D eigenvalue weighted by atomic mass is 35.5. The van der Waals surface area contributed by atoms with Crippen molar-refractivity contribution in [3.8, 4) is 11.1 Å². The van der Waals surface area contributed by atoms with Gasteiger partial charge in [-0.2, -0.15) is 5.10 Å². The second-order valence-electron chi connectivity index (χ2n) is 4.97. The molecule has 3 rings (SSSR count). The first-order chi connectivity index (χ1) is 10.6. The lowest BCUT2D eigenvalue weighted by Gasteiger charge is -2.12. The van der Waals surface area contributed by atoms with E-state index in [2.05, 4.69) is 10.1 Å². The molecule has 2 aromatic carbocycles. The average Bonchev–Trinajstić information content (AvgIpc) is 2.54. The van der Waals surface area contributed by atoms with Gasteiger partial charge in [-0.15, -0.1) is 0 Å². The third-order valence-corrected chi connectivity index (χ3v) is 3.83. The van der Waals surface area contributed by atoms with Crippen molar-refractivity contribution in [1.29, 1.82) is 0 Å². The third-order valence-electron chi connectivity index (χ3n) is 3.59. The van der Waals surface area contributed by atoms with E-state index in [1.54, 1.807) is 19.1 Å². The summed E-state index contributed by atoms with van der Waals surface area (Å²) in [6.45, 7) is 1.72. The van der Waals surface area contributed by atoms with E-state index in [-0.39, 0.29) is 5.56 Å². The molecule has 0 saturated heterocycles. The quantitative estimate of drug-likeness (QED) is 0.432. The van der Waals surface area contributed by atoms with Crippen molar-refractivity contribution in [3.05, 3.63) is 69.5 Å². The largest absolute Gasteiger partial charge is 0.323 e. The lowest BCUT2D eigenvalue weighted by Crippen LogP contribution is -2.19. The minimum Gasteiger partial charge on any atom is -0.323 e. The monoisotopic (exact) mass is 311 g/mol. The van der Waals surface area contributed by atoms with Crippen LogP contribution in [-0.2, 0) is 0 Å². The van der Waals surface area contributed by atoms with Gasteiger partial charge >= 0.3 is 0 Å². The smallest absolute Gasteiger partial charge is 0.258 e. The van der Waals surface area contributed by atoms with Crippen LogP contribution in [0.3, 0.4) is 0 Å². The number of aromatic nitrogens is 1. The number of hydrazone groups is 1. The summed E-state index contributed by atoms with van der Waals surface area (Å²) in [6, 6.07) is 15.0. The Labute approximate surface area is 132 Å². The summed E-state index contributed by atoms with van der Waals surface area (Å²) in [7, 11) is 0. The molecule has 0 unspecified atom stereocenters. The van der Waals surface area contributed by atoms with Crippen molar-refractivity contribution in [2.24, 2.45) is 10.9 Å². The standard InChI is InChI=1S/C17H14ClN3O/c1-10(21-19)15-16(11-5-3-2-4-6-11)13-9-12(18)7-8-14(13)20-17(15)22/h2-9H,19H2,1H3,(H,20,22)/b21-10-. The molecule has 1 aromatic heterocycles. The molecule has 0 radical (unpaired) electrons. The Morgan fingerprint density at radius 1 is 1.18 bits per heavy atom. The number of pyridine rings is 1. The molecule has 0 saturated carbocycles. The number of halogens is 1. The molecule has 5 heteroatoms. The van der Waals surface area contributed by atoms with Crippen molar-refractivity contribution in [3.63, 3.8) is 0 Å². The van der Waals surface area contributed by atoms with E-state index < -0.39 is 0 Å². The lowest BCUT2D eigenvalue weighted by molar-refractivity contribution is 1.22. The van der Waals surface area contributed by atoms with Gasteiger partial charge in [-0.25, -0.2) is 0 Å². The summed E-state index contributed by atoms with van der Waals surface area (Å²) in [5.74, 6) is 5.40. The van der Waals surface area contributed by atoms with Crippen LogP contribution >= 0.6 is 11.6 Å². The number of nitrogens with two attached hydrogens (primary N) is 1. The van der Waals surface area contributed by atoms with Gasteiger partial charge in [0.1, 0.15) is 0 Å². The van der Waals surface area contributed by atoms with Crippen molar-refractivity contribution in [1.82, 2.24) is 4.98 Å². The van der Waals surface area contributed by atoms with Crippen LogP contribution in [0.4, 0.5) is 0 Å². The van der Waals surface area contributed by atoms with E-state index in [0.29, 0.717) is 16.3 Å². The average molecular weight is 312 g/mol. The number of H-pyrrole nitrogens is 1. The normalized spacial score (nSPS) is 11.8.